The highest BCUT2D eigenvalue weighted by Gasteiger charge is 2.14. The van der Waals surface area contributed by atoms with Crippen LogP contribution in [0.3, 0.4) is 0 Å². The van der Waals surface area contributed by atoms with Gasteiger partial charge in [-0.2, -0.15) is 0 Å². The second-order valence-electron chi connectivity index (χ2n) is 4.70. The summed E-state index contributed by atoms with van der Waals surface area (Å²) < 4.78 is 1.08. The van der Waals surface area contributed by atoms with Crippen LogP contribution in [-0.4, -0.2) is 33.6 Å². The minimum atomic E-state index is -0.0363. The normalized spacial score (nSPS) is 12.1. The van der Waals surface area contributed by atoms with Crippen molar-refractivity contribution in [1.82, 2.24) is 10.6 Å². The van der Waals surface area contributed by atoms with Crippen molar-refractivity contribution in [1.29, 1.82) is 0 Å². The lowest BCUT2D eigenvalue weighted by atomic mass is 10.1. The number of halogens is 1. The van der Waals surface area contributed by atoms with E-state index in [0.29, 0.717) is 6.54 Å². The van der Waals surface area contributed by atoms with Crippen molar-refractivity contribution in [2.75, 3.05) is 32.6 Å². The zero-order valence-electron chi connectivity index (χ0n) is 12.0. The molecule has 1 unspecified atom stereocenters. The van der Waals surface area contributed by atoms with Gasteiger partial charge < -0.3 is 15.5 Å². The number of rotatable bonds is 6. The summed E-state index contributed by atoms with van der Waals surface area (Å²) in [6.45, 7) is 3.45. The van der Waals surface area contributed by atoms with E-state index in [1.807, 2.05) is 21.0 Å². The van der Waals surface area contributed by atoms with E-state index in [9.17, 15) is 4.79 Å². The largest absolute Gasteiger partial charge is 0.374 e. The Hall–Kier alpha value is -1.07. The van der Waals surface area contributed by atoms with E-state index in [1.165, 1.54) is 5.56 Å². The Balaban J connectivity index is 2.74. The van der Waals surface area contributed by atoms with E-state index < -0.39 is 0 Å². The van der Waals surface area contributed by atoms with Crippen molar-refractivity contribution >= 4 is 27.5 Å². The fourth-order valence-electron chi connectivity index (χ4n) is 1.95. The fourth-order valence-corrected chi connectivity index (χ4v) is 2.46. The summed E-state index contributed by atoms with van der Waals surface area (Å²) in [5, 5.41) is 5.81. The lowest BCUT2D eigenvalue weighted by Crippen LogP contribution is -2.34. The molecule has 0 fully saturated rings. The first kappa shape index (κ1) is 16.0. The number of nitrogens with zero attached hydrogens (tertiary/aromatic N) is 1. The van der Waals surface area contributed by atoms with Crippen LogP contribution in [0, 0.1) is 5.92 Å². The number of amides is 1. The zero-order valence-corrected chi connectivity index (χ0v) is 13.5. The van der Waals surface area contributed by atoms with Gasteiger partial charge in [0.2, 0.25) is 5.91 Å². The van der Waals surface area contributed by atoms with Crippen LogP contribution < -0.4 is 15.5 Å². The molecule has 0 aliphatic rings. The van der Waals surface area contributed by atoms with Gasteiger partial charge in [-0.1, -0.05) is 28.9 Å². The van der Waals surface area contributed by atoms with Crippen LogP contribution >= 0.6 is 15.9 Å². The molecule has 2 N–H and O–H groups in total. The molecule has 0 aliphatic carbocycles. The average molecular weight is 328 g/mol. The fraction of sp³-hybridized carbons (Fsp3) is 0.500. The summed E-state index contributed by atoms with van der Waals surface area (Å²) >= 11 is 3.58. The van der Waals surface area contributed by atoms with Crippen molar-refractivity contribution in [2.45, 2.75) is 13.5 Å². The standard InChI is InChI=1S/C14H22BrN3O/c1-10(14(19)17-3)9-18(4)12-6-5-11(8-16-2)13(15)7-12/h5-7,10,16H,8-9H2,1-4H3,(H,17,19). The van der Waals surface area contributed by atoms with Gasteiger partial charge in [0.15, 0.2) is 0 Å². The highest BCUT2D eigenvalue weighted by atomic mass is 79.9. The average Bonchev–Trinajstić information content (AvgIpc) is 2.40. The Morgan fingerprint density at radius 2 is 2.11 bits per heavy atom. The third-order valence-corrected chi connectivity index (χ3v) is 3.82. The maximum Gasteiger partial charge on any atom is 0.224 e. The molecule has 0 aliphatic heterocycles. The van der Waals surface area contributed by atoms with Crippen LogP contribution in [-0.2, 0) is 11.3 Å². The third-order valence-electron chi connectivity index (χ3n) is 3.09. The van der Waals surface area contributed by atoms with E-state index in [1.54, 1.807) is 7.05 Å². The molecule has 0 saturated heterocycles. The maximum atomic E-state index is 11.5. The second-order valence-corrected chi connectivity index (χ2v) is 5.56. The summed E-state index contributed by atoms with van der Waals surface area (Å²) in [7, 11) is 5.60. The van der Waals surface area contributed by atoms with Crippen LogP contribution in [0.2, 0.25) is 0 Å². The number of anilines is 1. The molecular weight excluding hydrogens is 306 g/mol. The molecule has 0 heterocycles. The van der Waals surface area contributed by atoms with E-state index in [-0.39, 0.29) is 11.8 Å². The highest BCUT2D eigenvalue weighted by molar-refractivity contribution is 9.10. The Morgan fingerprint density at radius 1 is 1.42 bits per heavy atom. The summed E-state index contributed by atoms with van der Waals surface area (Å²) in [5.41, 5.74) is 2.32. The van der Waals surface area contributed by atoms with Gasteiger partial charge in [-0.3, -0.25) is 4.79 Å². The molecule has 0 aromatic heterocycles. The lowest BCUT2D eigenvalue weighted by molar-refractivity contribution is -0.123. The smallest absolute Gasteiger partial charge is 0.224 e. The quantitative estimate of drug-likeness (QED) is 0.839. The molecule has 0 bridgehead atoms. The summed E-state index contributed by atoms with van der Waals surface area (Å²) in [6, 6.07) is 6.26. The first-order valence-electron chi connectivity index (χ1n) is 6.35. The lowest BCUT2D eigenvalue weighted by Gasteiger charge is -2.23. The molecule has 4 nitrogen and oxygen atoms in total. The molecular formula is C14H22BrN3O. The molecule has 1 atom stereocenters. The highest BCUT2D eigenvalue weighted by Crippen LogP contribution is 2.24. The molecule has 19 heavy (non-hydrogen) atoms. The summed E-state index contributed by atoms with van der Waals surface area (Å²) in [6.07, 6.45) is 0. The number of benzene rings is 1. The third kappa shape index (κ3) is 4.51. The number of carbonyl (C=O) groups is 1. The Labute approximate surface area is 123 Å². The summed E-state index contributed by atoms with van der Waals surface area (Å²) in [5.74, 6) is 0.0310. The van der Waals surface area contributed by atoms with Crippen LogP contribution in [0.25, 0.3) is 0 Å². The van der Waals surface area contributed by atoms with E-state index in [2.05, 4.69) is 49.7 Å². The Kier molecular flexibility index (Phi) is 6.31. The minimum absolute atomic E-state index is 0.0363. The van der Waals surface area contributed by atoms with E-state index >= 15 is 0 Å². The van der Waals surface area contributed by atoms with Crippen LogP contribution in [0.5, 0.6) is 0 Å². The van der Waals surface area contributed by atoms with Crippen molar-refractivity contribution < 1.29 is 4.79 Å². The monoisotopic (exact) mass is 327 g/mol. The van der Waals surface area contributed by atoms with Crippen LogP contribution in [0.1, 0.15) is 12.5 Å². The van der Waals surface area contributed by atoms with E-state index in [0.717, 1.165) is 16.7 Å². The van der Waals surface area contributed by atoms with Crippen molar-refractivity contribution in [2.24, 2.45) is 5.92 Å². The van der Waals surface area contributed by atoms with Crippen molar-refractivity contribution in [3.63, 3.8) is 0 Å². The van der Waals surface area contributed by atoms with Gasteiger partial charge in [-0.15, -0.1) is 0 Å². The number of carbonyl (C=O) groups excluding carboxylic acids is 1. The molecule has 1 aromatic carbocycles. The number of hydrogen-bond donors (Lipinski definition) is 2. The van der Waals surface area contributed by atoms with Crippen LogP contribution in [0.15, 0.2) is 22.7 Å². The molecule has 5 heteroatoms. The number of hydrogen-bond acceptors (Lipinski definition) is 3. The predicted octanol–water partition coefficient (Wildman–Crippen LogP) is 1.99. The maximum absolute atomic E-state index is 11.5. The van der Waals surface area contributed by atoms with Gasteiger partial charge in [0.05, 0.1) is 5.92 Å². The molecule has 106 valence electrons. The topological polar surface area (TPSA) is 44.4 Å². The van der Waals surface area contributed by atoms with Gasteiger partial charge in [-0.25, -0.2) is 0 Å². The van der Waals surface area contributed by atoms with Crippen molar-refractivity contribution in [3.8, 4) is 0 Å². The molecule has 0 spiro atoms. The first-order valence-corrected chi connectivity index (χ1v) is 7.14. The van der Waals surface area contributed by atoms with Gasteiger partial charge in [0, 0.05) is 37.3 Å². The molecule has 0 radical (unpaired) electrons. The predicted molar refractivity (Wildman–Crippen MR) is 83.4 cm³/mol. The molecule has 1 rings (SSSR count). The van der Waals surface area contributed by atoms with Gasteiger partial charge in [0.25, 0.3) is 0 Å². The van der Waals surface area contributed by atoms with Crippen molar-refractivity contribution in [3.05, 3.63) is 28.2 Å². The zero-order chi connectivity index (χ0) is 14.4. The minimum Gasteiger partial charge on any atom is -0.374 e. The van der Waals surface area contributed by atoms with Gasteiger partial charge in [0.1, 0.15) is 0 Å². The first-order chi connectivity index (χ1) is 8.99. The molecule has 1 amide bonds. The molecule has 1 aromatic rings. The van der Waals surface area contributed by atoms with Gasteiger partial charge in [-0.05, 0) is 24.7 Å². The summed E-state index contributed by atoms with van der Waals surface area (Å²) in [4.78, 5) is 13.6. The Bertz CT molecular complexity index is 437. The molecule has 0 saturated carbocycles. The van der Waals surface area contributed by atoms with Crippen LogP contribution in [0.4, 0.5) is 5.69 Å². The Morgan fingerprint density at radius 3 is 2.63 bits per heavy atom. The SMILES string of the molecule is CNCc1ccc(N(C)CC(C)C(=O)NC)cc1Br. The second kappa shape index (κ2) is 7.50. The number of nitrogens with one attached hydrogen (secondary N) is 2. The van der Waals surface area contributed by atoms with E-state index in [4.69, 9.17) is 0 Å². The van der Waals surface area contributed by atoms with Gasteiger partial charge >= 0.3 is 0 Å².